The predicted molar refractivity (Wildman–Crippen MR) is 59.5 cm³/mol. The highest BCUT2D eigenvalue weighted by molar-refractivity contribution is 5.84. The minimum Gasteiger partial charge on any atom is -0.476 e. The zero-order chi connectivity index (χ0) is 12.3. The van der Waals surface area contributed by atoms with Crippen molar-refractivity contribution in [1.29, 1.82) is 0 Å². The molecule has 0 radical (unpaired) electrons. The van der Waals surface area contributed by atoms with Crippen LogP contribution >= 0.6 is 0 Å². The summed E-state index contributed by atoms with van der Waals surface area (Å²) in [7, 11) is 0. The van der Waals surface area contributed by atoms with Crippen molar-refractivity contribution < 1.29 is 9.90 Å². The smallest absolute Gasteiger partial charge is 0.356 e. The van der Waals surface area contributed by atoms with Gasteiger partial charge < -0.3 is 5.11 Å². The third-order valence-electron chi connectivity index (χ3n) is 2.16. The topological polar surface area (TPSA) is 72.2 Å². The van der Waals surface area contributed by atoms with Gasteiger partial charge in [-0.3, -0.25) is 4.79 Å². The zero-order valence-electron chi connectivity index (χ0n) is 9.73. The first-order valence-electron chi connectivity index (χ1n) is 5.11. The Morgan fingerprint density at radius 2 is 2.06 bits per heavy atom. The van der Waals surface area contributed by atoms with Gasteiger partial charge in [-0.2, -0.15) is 5.10 Å². The van der Waals surface area contributed by atoms with E-state index in [0.717, 1.165) is 6.42 Å². The molecule has 0 aliphatic heterocycles. The summed E-state index contributed by atoms with van der Waals surface area (Å²) in [4.78, 5) is 22.1. The van der Waals surface area contributed by atoms with Gasteiger partial charge >= 0.3 is 5.97 Å². The first-order chi connectivity index (χ1) is 7.29. The number of carboxylic acid groups (broad SMARTS) is 1. The van der Waals surface area contributed by atoms with Crippen LogP contribution in [0.25, 0.3) is 0 Å². The monoisotopic (exact) mass is 224 g/mol. The minimum absolute atomic E-state index is 0.0837. The van der Waals surface area contributed by atoms with E-state index in [1.54, 1.807) is 0 Å². The quantitative estimate of drug-likeness (QED) is 0.841. The largest absolute Gasteiger partial charge is 0.476 e. The molecule has 0 saturated carbocycles. The van der Waals surface area contributed by atoms with Gasteiger partial charge in [0.15, 0.2) is 5.69 Å². The van der Waals surface area contributed by atoms with Gasteiger partial charge in [0, 0.05) is 12.6 Å². The zero-order valence-corrected chi connectivity index (χ0v) is 9.73. The van der Waals surface area contributed by atoms with E-state index < -0.39 is 5.97 Å². The van der Waals surface area contributed by atoms with Crippen molar-refractivity contribution >= 4 is 5.97 Å². The molecule has 0 fully saturated rings. The number of nitrogens with zero attached hydrogens (tertiary/aromatic N) is 2. The molecule has 0 spiro atoms. The molecule has 0 aromatic carbocycles. The average Bonchev–Trinajstić information content (AvgIpc) is 2.14. The maximum absolute atomic E-state index is 11.4. The van der Waals surface area contributed by atoms with Gasteiger partial charge in [0.05, 0.1) is 0 Å². The van der Waals surface area contributed by atoms with E-state index in [0.29, 0.717) is 6.54 Å². The van der Waals surface area contributed by atoms with E-state index in [1.165, 1.54) is 16.8 Å². The summed E-state index contributed by atoms with van der Waals surface area (Å²) in [6.07, 6.45) is 0.767. The lowest BCUT2D eigenvalue weighted by Gasteiger charge is -2.17. The molecule has 5 nitrogen and oxygen atoms in total. The molecule has 0 bridgehead atoms. The normalized spacial score (nSPS) is 11.4. The van der Waals surface area contributed by atoms with E-state index >= 15 is 0 Å². The van der Waals surface area contributed by atoms with Gasteiger partial charge in [-0.05, 0) is 17.9 Å². The molecule has 16 heavy (non-hydrogen) atoms. The SMILES string of the molecule is CC(C)(C)CCn1nc(C(=O)O)ccc1=O. The number of aromatic nitrogens is 2. The standard InChI is InChI=1S/C11H16N2O3/c1-11(2,3)6-7-13-9(14)5-4-8(12-13)10(15)16/h4-5H,6-7H2,1-3H3,(H,15,16). The van der Waals surface area contributed by atoms with Crippen LogP contribution in [0.1, 0.15) is 37.7 Å². The maximum atomic E-state index is 11.4. The molecule has 5 heteroatoms. The van der Waals surface area contributed by atoms with E-state index in [9.17, 15) is 9.59 Å². The Balaban J connectivity index is 2.91. The fraction of sp³-hybridized carbons (Fsp3) is 0.545. The summed E-state index contributed by atoms with van der Waals surface area (Å²) >= 11 is 0. The van der Waals surface area contributed by atoms with E-state index in [2.05, 4.69) is 25.9 Å². The van der Waals surface area contributed by atoms with Crippen LogP contribution in [-0.4, -0.2) is 20.9 Å². The molecule has 1 N–H and O–H groups in total. The van der Waals surface area contributed by atoms with Gasteiger partial charge in [-0.15, -0.1) is 0 Å². The molecular formula is C11H16N2O3. The Morgan fingerprint density at radius 1 is 1.44 bits per heavy atom. The third-order valence-corrected chi connectivity index (χ3v) is 2.16. The number of carbonyl (C=O) groups is 1. The lowest BCUT2D eigenvalue weighted by molar-refractivity contribution is 0.0687. The van der Waals surface area contributed by atoms with E-state index in [4.69, 9.17) is 5.11 Å². The Kier molecular flexibility index (Phi) is 3.47. The fourth-order valence-corrected chi connectivity index (χ4v) is 1.16. The molecule has 1 aromatic heterocycles. The van der Waals surface area contributed by atoms with Crippen molar-refractivity contribution in [3.63, 3.8) is 0 Å². The molecular weight excluding hydrogens is 208 g/mol. The van der Waals surface area contributed by atoms with Gasteiger partial charge in [0.1, 0.15) is 0 Å². The van der Waals surface area contributed by atoms with Crippen LogP contribution in [0.2, 0.25) is 0 Å². The van der Waals surface area contributed by atoms with Crippen molar-refractivity contribution in [2.45, 2.75) is 33.7 Å². The number of hydrogen-bond acceptors (Lipinski definition) is 3. The average molecular weight is 224 g/mol. The molecule has 0 saturated heterocycles. The third kappa shape index (κ3) is 3.49. The van der Waals surface area contributed by atoms with Gasteiger partial charge in [0.2, 0.25) is 0 Å². The van der Waals surface area contributed by atoms with Crippen LogP contribution in [-0.2, 0) is 6.54 Å². The first-order valence-corrected chi connectivity index (χ1v) is 5.11. The van der Waals surface area contributed by atoms with Gasteiger partial charge in [0.25, 0.3) is 5.56 Å². The van der Waals surface area contributed by atoms with Crippen molar-refractivity contribution in [3.05, 3.63) is 28.2 Å². The Morgan fingerprint density at radius 3 is 2.56 bits per heavy atom. The molecule has 1 aromatic rings. The predicted octanol–water partition coefficient (Wildman–Crippen LogP) is 1.38. The number of aryl methyl sites for hydroxylation is 1. The number of carboxylic acids is 1. The number of rotatable bonds is 3. The van der Waals surface area contributed by atoms with Crippen LogP contribution in [0.5, 0.6) is 0 Å². The Labute approximate surface area is 93.7 Å². The molecule has 0 unspecified atom stereocenters. The summed E-state index contributed by atoms with van der Waals surface area (Å²) < 4.78 is 1.20. The highest BCUT2D eigenvalue weighted by Gasteiger charge is 2.12. The molecule has 1 rings (SSSR count). The summed E-state index contributed by atoms with van der Waals surface area (Å²) in [6, 6.07) is 2.46. The van der Waals surface area contributed by atoms with Gasteiger partial charge in [-0.25, -0.2) is 9.48 Å². The van der Waals surface area contributed by atoms with Crippen LogP contribution in [0.15, 0.2) is 16.9 Å². The van der Waals surface area contributed by atoms with Crippen LogP contribution < -0.4 is 5.56 Å². The highest BCUT2D eigenvalue weighted by atomic mass is 16.4. The Bertz CT molecular complexity index is 443. The molecule has 0 aliphatic rings. The Hall–Kier alpha value is -1.65. The summed E-state index contributed by atoms with van der Waals surface area (Å²) in [6.45, 7) is 6.60. The molecule has 0 atom stereocenters. The minimum atomic E-state index is -1.12. The lowest BCUT2D eigenvalue weighted by atomic mass is 9.92. The molecule has 0 aliphatic carbocycles. The van der Waals surface area contributed by atoms with Crippen molar-refractivity contribution in [3.8, 4) is 0 Å². The van der Waals surface area contributed by atoms with Crippen LogP contribution in [0.3, 0.4) is 0 Å². The fourth-order valence-electron chi connectivity index (χ4n) is 1.16. The molecule has 88 valence electrons. The molecule has 0 amide bonds. The van der Waals surface area contributed by atoms with E-state index in [1.807, 2.05) is 0 Å². The second-order valence-electron chi connectivity index (χ2n) is 4.90. The van der Waals surface area contributed by atoms with Crippen LogP contribution in [0, 0.1) is 5.41 Å². The summed E-state index contributed by atoms with van der Waals surface area (Å²) in [5, 5.41) is 12.5. The molecule has 1 heterocycles. The second kappa shape index (κ2) is 4.47. The van der Waals surface area contributed by atoms with Crippen LogP contribution in [0.4, 0.5) is 0 Å². The number of hydrogen-bond donors (Lipinski definition) is 1. The van der Waals surface area contributed by atoms with Crippen molar-refractivity contribution in [2.24, 2.45) is 5.41 Å². The summed E-state index contributed by atoms with van der Waals surface area (Å²) in [5.41, 5.74) is -0.289. The second-order valence-corrected chi connectivity index (χ2v) is 4.90. The van der Waals surface area contributed by atoms with E-state index in [-0.39, 0.29) is 16.7 Å². The lowest BCUT2D eigenvalue weighted by Crippen LogP contribution is -2.26. The first kappa shape index (κ1) is 12.4. The van der Waals surface area contributed by atoms with Crippen molar-refractivity contribution in [1.82, 2.24) is 9.78 Å². The maximum Gasteiger partial charge on any atom is 0.356 e. The highest BCUT2D eigenvalue weighted by Crippen LogP contribution is 2.18. The summed E-state index contributed by atoms with van der Waals surface area (Å²) in [5.74, 6) is -1.12. The van der Waals surface area contributed by atoms with Crippen molar-refractivity contribution in [2.75, 3.05) is 0 Å². The van der Waals surface area contributed by atoms with Gasteiger partial charge in [-0.1, -0.05) is 20.8 Å². The number of aromatic carboxylic acids is 1.